The Morgan fingerprint density at radius 2 is 1.81 bits per heavy atom. The van der Waals surface area contributed by atoms with Gasteiger partial charge in [0, 0.05) is 23.9 Å². The molecule has 5 nitrogen and oxygen atoms in total. The molecule has 1 aliphatic heterocycles. The van der Waals surface area contributed by atoms with Crippen LogP contribution in [0, 0.1) is 0 Å². The lowest BCUT2D eigenvalue weighted by molar-refractivity contribution is 0.0707. The van der Waals surface area contributed by atoms with Crippen molar-refractivity contribution >= 4 is 28.3 Å². The van der Waals surface area contributed by atoms with E-state index in [1.807, 2.05) is 40.5 Å². The van der Waals surface area contributed by atoms with Crippen molar-refractivity contribution in [1.29, 1.82) is 0 Å². The monoisotopic (exact) mass is 378 g/mol. The van der Waals surface area contributed by atoms with E-state index in [4.69, 9.17) is 4.98 Å². The average Bonchev–Trinajstić information content (AvgIpc) is 3.17. The number of fused-ring (bicyclic) bond motifs is 2. The van der Waals surface area contributed by atoms with E-state index in [0.29, 0.717) is 11.6 Å². The smallest absolute Gasteiger partial charge is 0.274 e. The minimum absolute atomic E-state index is 0.00913. The third-order valence-corrected chi connectivity index (χ3v) is 6.98. The normalized spacial score (nSPS) is 17.9. The summed E-state index contributed by atoms with van der Waals surface area (Å²) in [6.07, 6.45) is 8.49. The Balaban J connectivity index is 1.28. The van der Waals surface area contributed by atoms with Crippen LogP contribution in [-0.2, 0) is 12.8 Å². The van der Waals surface area contributed by atoms with Gasteiger partial charge < -0.3 is 4.90 Å². The second-order valence-corrected chi connectivity index (χ2v) is 8.55. The van der Waals surface area contributed by atoms with Gasteiger partial charge in [-0.2, -0.15) is 0 Å². The van der Waals surface area contributed by atoms with Crippen molar-refractivity contribution in [1.82, 2.24) is 19.9 Å². The molecule has 1 aliphatic carbocycles. The largest absolute Gasteiger partial charge is 0.337 e. The zero-order chi connectivity index (χ0) is 18.2. The van der Waals surface area contributed by atoms with Crippen LogP contribution in [0.1, 0.15) is 57.7 Å². The summed E-state index contributed by atoms with van der Waals surface area (Å²) >= 11 is 1.91. The Morgan fingerprint density at radius 3 is 2.63 bits per heavy atom. The summed E-state index contributed by atoms with van der Waals surface area (Å²) < 4.78 is 0. The fourth-order valence-electron chi connectivity index (χ4n) is 4.10. The van der Waals surface area contributed by atoms with Gasteiger partial charge in [0.15, 0.2) is 0 Å². The number of rotatable bonds is 2. The maximum absolute atomic E-state index is 12.9. The van der Waals surface area contributed by atoms with Gasteiger partial charge in [0.05, 0.1) is 27.9 Å². The van der Waals surface area contributed by atoms with Gasteiger partial charge in [-0.1, -0.05) is 12.1 Å². The van der Waals surface area contributed by atoms with Crippen molar-refractivity contribution in [2.75, 3.05) is 13.1 Å². The lowest BCUT2D eigenvalue weighted by Gasteiger charge is -2.30. The van der Waals surface area contributed by atoms with Gasteiger partial charge >= 0.3 is 0 Å². The predicted octanol–water partition coefficient (Wildman–Crippen LogP) is 3.98. The quantitative estimate of drug-likeness (QED) is 0.677. The maximum Gasteiger partial charge on any atom is 0.274 e. The van der Waals surface area contributed by atoms with Gasteiger partial charge in [-0.3, -0.25) is 9.78 Å². The predicted molar refractivity (Wildman–Crippen MR) is 106 cm³/mol. The van der Waals surface area contributed by atoms with Gasteiger partial charge in [-0.25, -0.2) is 9.97 Å². The number of aromatic nitrogens is 3. The van der Waals surface area contributed by atoms with Gasteiger partial charge in [-0.05, 0) is 50.7 Å². The number of aryl methyl sites for hydroxylation is 2. The fourth-order valence-corrected chi connectivity index (χ4v) is 5.42. The Morgan fingerprint density at radius 1 is 1.04 bits per heavy atom. The highest BCUT2D eigenvalue weighted by molar-refractivity contribution is 7.11. The Kier molecular flexibility index (Phi) is 4.36. The molecule has 1 saturated heterocycles. The van der Waals surface area contributed by atoms with E-state index < -0.39 is 0 Å². The van der Waals surface area contributed by atoms with Crippen LogP contribution in [0.3, 0.4) is 0 Å². The Labute approximate surface area is 162 Å². The first-order valence-electron chi connectivity index (χ1n) is 9.77. The Bertz CT molecular complexity index is 967. The second-order valence-electron chi connectivity index (χ2n) is 7.44. The van der Waals surface area contributed by atoms with E-state index in [1.165, 1.54) is 34.8 Å². The van der Waals surface area contributed by atoms with Crippen molar-refractivity contribution in [3.63, 3.8) is 0 Å². The molecule has 1 amide bonds. The van der Waals surface area contributed by atoms with Crippen molar-refractivity contribution in [3.8, 4) is 0 Å². The summed E-state index contributed by atoms with van der Waals surface area (Å²) in [7, 11) is 0. The third kappa shape index (κ3) is 3.23. The molecule has 2 aliphatic rings. The molecular weight excluding hydrogens is 356 g/mol. The summed E-state index contributed by atoms with van der Waals surface area (Å²) in [6, 6.07) is 7.66. The number of thiazole rings is 1. The molecule has 0 atom stereocenters. The average molecular weight is 379 g/mol. The van der Waals surface area contributed by atoms with Gasteiger partial charge in [0.2, 0.25) is 0 Å². The molecule has 2 aromatic heterocycles. The summed E-state index contributed by atoms with van der Waals surface area (Å²) in [5, 5.41) is 1.29. The number of carbonyl (C=O) groups is 1. The van der Waals surface area contributed by atoms with Gasteiger partial charge in [0.25, 0.3) is 5.91 Å². The molecule has 0 radical (unpaired) electrons. The number of likely N-dealkylation sites (tertiary alicyclic amines) is 1. The standard InChI is InChI=1S/C21H22N4OS/c26-21(18-13-22-15-5-1-2-6-16(15)23-18)25-11-9-14(10-12-25)20-24-17-7-3-4-8-19(17)27-20/h1-2,5-6,13-14H,3-4,7-12H2. The van der Waals surface area contributed by atoms with E-state index in [0.717, 1.165) is 43.4 Å². The summed E-state index contributed by atoms with van der Waals surface area (Å²) in [6.45, 7) is 1.53. The lowest BCUT2D eigenvalue weighted by Crippen LogP contribution is -2.38. The molecule has 5 rings (SSSR count). The molecular formula is C21H22N4OS. The first-order valence-corrected chi connectivity index (χ1v) is 10.6. The topological polar surface area (TPSA) is 59.0 Å². The number of nitrogens with zero attached hydrogens (tertiary/aromatic N) is 4. The van der Waals surface area contributed by atoms with Crippen molar-refractivity contribution in [2.24, 2.45) is 0 Å². The minimum Gasteiger partial charge on any atom is -0.337 e. The first-order chi connectivity index (χ1) is 13.3. The summed E-state index contributed by atoms with van der Waals surface area (Å²) in [5.41, 5.74) is 3.37. The molecule has 0 unspecified atom stereocenters. The van der Waals surface area contributed by atoms with Crippen LogP contribution in [0.4, 0.5) is 0 Å². The molecule has 0 saturated carbocycles. The molecule has 3 heterocycles. The zero-order valence-electron chi connectivity index (χ0n) is 15.2. The van der Waals surface area contributed by atoms with Crippen LogP contribution in [0.25, 0.3) is 11.0 Å². The van der Waals surface area contributed by atoms with Crippen LogP contribution >= 0.6 is 11.3 Å². The van der Waals surface area contributed by atoms with Gasteiger partial charge in [-0.15, -0.1) is 11.3 Å². The second kappa shape index (κ2) is 7.00. The highest BCUT2D eigenvalue weighted by Crippen LogP contribution is 2.35. The van der Waals surface area contributed by atoms with Crippen LogP contribution in [0.5, 0.6) is 0 Å². The molecule has 1 aromatic carbocycles. The van der Waals surface area contributed by atoms with E-state index >= 15 is 0 Å². The van der Waals surface area contributed by atoms with Crippen LogP contribution in [0.2, 0.25) is 0 Å². The molecule has 0 bridgehead atoms. The fraction of sp³-hybridized carbons (Fsp3) is 0.429. The van der Waals surface area contributed by atoms with E-state index in [2.05, 4.69) is 9.97 Å². The lowest BCUT2D eigenvalue weighted by atomic mass is 9.97. The molecule has 3 aromatic rings. The van der Waals surface area contributed by atoms with Crippen LogP contribution in [0.15, 0.2) is 30.5 Å². The number of hydrogen-bond donors (Lipinski definition) is 0. The number of benzene rings is 1. The van der Waals surface area contributed by atoms with Crippen molar-refractivity contribution in [3.05, 3.63) is 51.7 Å². The van der Waals surface area contributed by atoms with E-state index in [-0.39, 0.29) is 5.91 Å². The number of para-hydroxylation sites is 2. The highest BCUT2D eigenvalue weighted by Gasteiger charge is 2.28. The van der Waals surface area contributed by atoms with Gasteiger partial charge in [0.1, 0.15) is 5.69 Å². The molecule has 0 N–H and O–H groups in total. The number of carbonyl (C=O) groups excluding carboxylic acids is 1. The minimum atomic E-state index is -0.00913. The summed E-state index contributed by atoms with van der Waals surface area (Å²) in [5.74, 6) is 0.484. The molecule has 1 fully saturated rings. The Hall–Kier alpha value is -2.34. The van der Waals surface area contributed by atoms with Crippen LogP contribution in [-0.4, -0.2) is 38.8 Å². The summed E-state index contributed by atoms with van der Waals surface area (Å²) in [4.78, 5) is 30.1. The third-order valence-electron chi connectivity index (χ3n) is 5.66. The van der Waals surface area contributed by atoms with Crippen molar-refractivity contribution < 1.29 is 4.79 Å². The molecule has 27 heavy (non-hydrogen) atoms. The number of piperidine rings is 1. The SMILES string of the molecule is O=C(c1cnc2ccccc2n1)N1CCC(c2nc3c(s2)CCCC3)CC1. The zero-order valence-corrected chi connectivity index (χ0v) is 16.0. The van der Waals surface area contributed by atoms with E-state index in [9.17, 15) is 4.79 Å². The molecule has 6 heteroatoms. The molecule has 0 spiro atoms. The van der Waals surface area contributed by atoms with Crippen molar-refractivity contribution in [2.45, 2.75) is 44.4 Å². The molecule has 138 valence electrons. The highest BCUT2D eigenvalue weighted by atomic mass is 32.1. The first kappa shape index (κ1) is 16.8. The van der Waals surface area contributed by atoms with Crippen LogP contribution < -0.4 is 0 Å². The number of hydrogen-bond acceptors (Lipinski definition) is 5. The van der Waals surface area contributed by atoms with E-state index in [1.54, 1.807) is 6.20 Å². The maximum atomic E-state index is 12.9. The number of amides is 1.